The Balaban J connectivity index is 2.57. The molecule has 0 N–H and O–H groups in total. The summed E-state index contributed by atoms with van der Waals surface area (Å²) in [4.78, 5) is 4.38. The van der Waals surface area contributed by atoms with Crippen LogP contribution in [0.25, 0.3) is 11.0 Å². The molecule has 2 aromatic rings. The standard InChI is InChI=1S/C13H13ClF3IN2/c1-7(6-13(15,16)17)20-11-4-3-9(18)5-10(11)19-12(20)8(2)14/h3-5,7-8H,6H2,1-2H3. The molecule has 0 saturated heterocycles. The predicted molar refractivity (Wildman–Crippen MR) is 82.1 cm³/mol. The van der Waals surface area contributed by atoms with Crippen molar-refractivity contribution in [1.82, 2.24) is 9.55 Å². The number of aromatic nitrogens is 2. The van der Waals surface area contributed by atoms with Crippen LogP contribution in [0.5, 0.6) is 0 Å². The Morgan fingerprint density at radius 1 is 1.35 bits per heavy atom. The number of imidazole rings is 1. The highest BCUT2D eigenvalue weighted by molar-refractivity contribution is 14.1. The van der Waals surface area contributed by atoms with Gasteiger partial charge in [-0.05, 0) is 54.6 Å². The fourth-order valence-corrected chi connectivity index (χ4v) is 2.89. The number of hydrogen-bond acceptors (Lipinski definition) is 1. The molecule has 2 unspecified atom stereocenters. The molecule has 0 saturated carbocycles. The van der Waals surface area contributed by atoms with Gasteiger partial charge in [-0.1, -0.05) is 0 Å². The first kappa shape index (κ1) is 15.9. The van der Waals surface area contributed by atoms with Crippen LogP contribution in [0.4, 0.5) is 13.2 Å². The Morgan fingerprint density at radius 2 is 2.00 bits per heavy atom. The lowest BCUT2D eigenvalue weighted by Gasteiger charge is -2.20. The van der Waals surface area contributed by atoms with Crippen molar-refractivity contribution in [2.45, 2.75) is 37.9 Å². The molecule has 110 valence electrons. The summed E-state index contributed by atoms with van der Waals surface area (Å²) in [5.74, 6) is 0.473. The summed E-state index contributed by atoms with van der Waals surface area (Å²) in [5, 5.41) is -0.448. The highest BCUT2D eigenvalue weighted by Gasteiger charge is 2.32. The monoisotopic (exact) mass is 416 g/mol. The third-order valence-corrected chi connectivity index (χ3v) is 3.87. The van der Waals surface area contributed by atoms with Gasteiger partial charge in [-0.2, -0.15) is 13.2 Å². The molecule has 20 heavy (non-hydrogen) atoms. The van der Waals surface area contributed by atoms with Crippen LogP contribution in [0, 0.1) is 3.57 Å². The maximum Gasteiger partial charge on any atom is 0.391 e. The Labute approximate surface area is 133 Å². The van der Waals surface area contributed by atoms with Gasteiger partial charge in [0.1, 0.15) is 5.82 Å². The molecule has 0 amide bonds. The minimum atomic E-state index is -4.22. The number of rotatable bonds is 3. The normalized spacial score (nSPS) is 15.6. The summed E-state index contributed by atoms with van der Waals surface area (Å²) >= 11 is 8.21. The van der Waals surface area contributed by atoms with Gasteiger partial charge >= 0.3 is 6.18 Å². The lowest BCUT2D eigenvalue weighted by Crippen LogP contribution is -2.18. The number of hydrogen-bond donors (Lipinski definition) is 0. The lowest BCUT2D eigenvalue weighted by atomic mass is 10.2. The molecule has 0 spiro atoms. The van der Waals surface area contributed by atoms with E-state index >= 15 is 0 Å². The minimum Gasteiger partial charge on any atom is -0.324 e. The highest BCUT2D eigenvalue weighted by Crippen LogP contribution is 2.34. The molecule has 0 aliphatic heterocycles. The SMILES string of the molecule is CC(Cl)c1nc2cc(I)ccc2n1C(C)CC(F)(F)F. The molecule has 0 aliphatic rings. The van der Waals surface area contributed by atoms with Crippen molar-refractivity contribution >= 4 is 45.2 Å². The summed E-state index contributed by atoms with van der Waals surface area (Å²) < 4.78 is 40.5. The molecule has 2 nitrogen and oxygen atoms in total. The Bertz CT molecular complexity index is 622. The second kappa shape index (κ2) is 5.71. The van der Waals surface area contributed by atoms with Gasteiger partial charge in [0.15, 0.2) is 0 Å². The largest absolute Gasteiger partial charge is 0.391 e. The van der Waals surface area contributed by atoms with Gasteiger partial charge in [-0.3, -0.25) is 0 Å². The Hall–Kier alpha value is -0.500. The number of nitrogens with zero attached hydrogens (tertiary/aromatic N) is 2. The molecule has 0 aliphatic carbocycles. The average Bonchev–Trinajstić information content (AvgIpc) is 2.64. The molecular weight excluding hydrogens is 404 g/mol. The molecule has 0 radical (unpaired) electrons. The number of alkyl halides is 4. The average molecular weight is 417 g/mol. The van der Waals surface area contributed by atoms with E-state index < -0.39 is 24.0 Å². The van der Waals surface area contributed by atoms with E-state index in [1.54, 1.807) is 17.6 Å². The third-order valence-electron chi connectivity index (χ3n) is 3.00. The smallest absolute Gasteiger partial charge is 0.324 e. The number of benzene rings is 1. The van der Waals surface area contributed by atoms with Crippen LogP contribution in [0.3, 0.4) is 0 Å². The molecule has 2 rings (SSSR count). The van der Waals surface area contributed by atoms with Crippen LogP contribution in [0.15, 0.2) is 18.2 Å². The van der Waals surface area contributed by atoms with E-state index in [1.165, 1.54) is 6.92 Å². The zero-order chi connectivity index (χ0) is 15.1. The maximum absolute atomic E-state index is 12.6. The van der Waals surface area contributed by atoms with Gasteiger partial charge < -0.3 is 4.57 Å². The zero-order valence-electron chi connectivity index (χ0n) is 10.9. The highest BCUT2D eigenvalue weighted by atomic mass is 127. The predicted octanol–water partition coefficient (Wildman–Crippen LogP) is 5.45. The fourth-order valence-electron chi connectivity index (χ4n) is 2.26. The minimum absolute atomic E-state index is 0.448. The van der Waals surface area contributed by atoms with Gasteiger partial charge in [0.25, 0.3) is 0 Å². The molecule has 1 aromatic carbocycles. The summed E-state index contributed by atoms with van der Waals surface area (Å²) in [6.07, 6.45) is -5.12. The van der Waals surface area contributed by atoms with E-state index in [9.17, 15) is 13.2 Å². The van der Waals surface area contributed by atoms with E-state index in [4.69, 9.17) is 11.6 Å². The summed E-state index contributed by atoms with van der Waals surface area (Å²) in [6, 6.07) is 4.75. The molecule has 1 aromatic heterocycles. The van der Waals surface area contributed by atoms with Gasteiger partial charge in [0, 0.05) is 9.61 Å². The van der Waals surface area contributed by atoms with E-state index in [0.717, 1.165) is 3.57 Å². The van der Waals surface area contributed by atoms with E-state index in [1.807, 2.05) is 12.1 Å². The first-order chi connectivity index (χ1) is 9.19. The van der Waals surface area contributed by atoms with Crippen molar-refractivity contribution in [2.75, 3.05) is 0 Å². The summed E-state index contributed by atoms with van der Waals surface area (Å²) in [6.45, 7) is 3.25. The van der Waals surface area contributed by atoms with Crippen molar-refractivity contribution < 1.29 is 13.2 Å². The molecule has 2 atom stereocenters. The first-order valence-electron chi connectivity index (χ1n) is 6.07. The van der Waals surface area contributed by atoms with Crippen molar-refractivity contribution in [3.05, 3.63) is 27.6 Å². The molecule has 1 heterocycles. The van der Waals surface area contributed by atoms with Crippen LogP contribution in [0.2, 0.25) is 0 Å². The van der Waals surface area contributed by atoms with Crippen molar-refractivity contribution in [2.24, 2.45) is 0 Å². The van der Waals surface area contributed by atoms with Gasteiger partial charge in [0.05, 0.1) is 22.8 Å². The van der Waals surface area contributed by atoms with Crippen LogP contribution in [-0.4, -0.2) is 15.7 Å². The van der Waals surface area contributed by atoms with E-state index in [-0.39, 0.29) is 0 Å². The van der Waals surface area contributed by atoms with E-state index in [0.29, 0.717) is 16.9 Å². The number of halogens is 5. The van der Waals surface area contributed by atoms with Crippen LogP contribution in [0.1, 0.15) is 37.5 Å². The summed E-state index contributed by atoms with van der Waals surface area (Å²) in [7, 11) is 0. The van der Waals surface area contributed by atoms with Crippen molar-refractivity contribution in [3.8, 4) is 0 Å². The molecule has 0 fully saturated rings. The molecular formula is C13H13ClF3IN2. The Morgan fingerprint density at radius 3 is 2.55 bits per heavy atom. The lowest BCUT2D eigenvalue weighted by molar-refractivity contribution is -0.141. The quantitative estimate of drug-likeness (QED) is 0.480. The maximum atomic E-state index is 12.6. The topological polar surface area (TPSA) is 17.8 Å². The Kier molecular flexibility index (Phi) is 4.53. The molecule has 7 heteroatoms. The van der Waals surface area contributed by atoms with Crippen LogP contribution >= 0.6 is 34.2 Å². The van der Waals surface area contributed by atoms with Gasteiger partial charge in [-0.15, -0.1) is 11.6 Å². The fraction of sp³-hybridized carbons (Fsp3) is 0.462. The van der Waals surface area contributed by atoms with Gasteiger partial charge in [0.2, 0.25) is 0 Å². The van der Waals surface area contributed by atoms with Gasteiger partial charge in [-0.25, -0.2) is 4.98 Å². The van der Waals surface area contributed by atoms with E-state index in [2.05, 4.69) is 27.6 Å². The van der Waals surface area contributed by atoms with Crippen LogP contribution in [-0.2, 0) is 0 Å². The summed E-state index contributed by atoms with van der Waals surface area (Å²) in [5.41, 5.74) is 1.36. The van der Waals surface area contributed by atoms with Crippen molar-refractivity contribution in [1.29, 1.82) is 0 Å². The second-order valence-corrected chi connectivity index (χ2v) is 6.66. The molecule has 0 bridgehead atoms. The van der Waals surface area contributed by atoms with Crippen molar-refractivity contribution in [3.63, 3.8) is 0 Å². The second-order valence-electron chi connectivity index (χ2n) is 4.76. The number of fused-ring (bicyclic) bond motifs is 1. The zero-order valence-corrected chi connectivity index (χ0v) is 13.8. The first-order valence-corrected chi connectivity index (χ1v) is 7.59. The third kappa shape index (κ3) is 3.39. The van der Waals surface area contributed by atoms with Crippen LogP contribution < -0.4 is 0 Å².